The molecule has 0 unspecified atom stereocenters. The molecule has 3 heterocycles. The zero-order valence-corrected chi connectivity index (χ0v) is 22.6. The molecule has 9 heteroatoms. The third-order valence-electron chi connectivity index (χ3n) is 6.67. The van der Waals surface area contributed by atoms with Crippen LogP contribution in [-0.4, -0.2) is 29.1 Å². The van der Waals surface area contributed by atoms with Gasteiger partial charge in [0.05, 0.1) is 24.4 Å². The van der Waals surface area contributed by atoms with Gasteiger partial charge >= 0.3 is 5.97 Å². The van der Waals surface area contributed by atoms with Crippen LogP contribution in [0.25, 0.3) is 11.3 Å². The molecule has 0 spiro atoms. The van der Waals surface area contributed by atoms with Gasteiger partial charge in [0.1, 0.15) is 17.6 Å². The summed E-state index contributed by atoms with van der Waals surface area (Å²) in [6, 6.07) is 21.9. The van der Waals surface area contributed by atoms with Crippen LogP contribution >= 0.6 is 12.2 Å². The number of aryl methyl sites for hydroxylation is 1. The van der Waals surface area contributed by atoms with Crippen LogP contribution in [0.2, 0.25) is 0 Å². The minimum absolute atomic E-state index is 0.0447. The van der Waals surface area contributed by atoms with Crippen LogP contribution in [0.1, 0.15) is 52.8 Å². The Morgan fingerprint density at radius 2 is 1.95 bits per heavy atom. The Hall–Kier alpha value is -4.50. The van der Waals surface area contributed by atoms with Gasteiger partial charge < -0.3 is 24.7 Å². The maximum atomic E-state index is 12.1. The number of pyridine rings is 1. The molecule has 0 bridgehead atoms. The van der Waals surface area contributed by atoms with E-state index in [1.165, 1.54) is 7.11 Å². The zero-order valence-electron chi connectivity index (χ0n) is 21.8. The summed E-state index contributed by atoms with van der Waals surface area (Å²) in [5.74, 6) is 0.834. The summed E-state index contributed by atoms with van der Waals surface area (Å²) in [6.45, 7) is 3.77. The van der Waals surface area contributed by atoms with Crippen molar-refractivity contribution in [1.29, 1.82) is 0 Å². The summed E-state index contributed by atoms with van der Waals surface area (Å²) in [5, 5.41) is 6.90. The van der Waals surface area contributed by atoms with Crippen molar-refractivity contribution < 1.29 is 18.7 Å². The van der Waals surface area contributed by atoms with E-state index in [0.717, 1.165) is 28.2 Å². The first-order valence-electron chi connectivity index (χ1n) is 12.6. The van der Waals surface area contributed by atoms with E-state index < -0.39 is 5.97 Å². The fourth-order valence-electron chi connectivity index (χ4n) is 4.68. The van der Waals surface area contributed by atoms with Gasteiger partial charge in [-0.1, -0.05) is 25.1 Å². The molecule has 5 rings (SSSR count). The third-order valence-corrected chi connectivity index (χ3v) is 6.98. The predicted molar refractivity (Wildman–Crippen MR) is 154 cm³/mol. The molecule has 2 aromatic carbocycles. The van der Waals surface area contributed by atoms with Crippen molar-refractivity contribution >= 4 is 40.6 Å². The number of anilines is 2. The van der Waals surface area contributed by atoms with Crippen LogP contribution < -0.4 is 15.5 Å². The van der Waals surface area contributed by atoms with Gasteiger partial charge in [-0.3, -0.25) is 9.78 Å². The molecule has 1 fully saturated rings. The van der Waals surface area contributed by atoms with Crippen molar-refractivity contribution in [2.75, 3.05) is 17.3 Å². The highest BCUT2D eigenvalue weighted by Gasteiger charge is 2.42. The number of rotatable bonds is 7. The molecule has 4 aromatic rings. The Morgan fingerprint density at radius 1 is 1.10 bits per heavy atom. The van der Waals surface area contributed by atoms with Crippen LogP contribution in [0.4, 0.5) is 11.4 Å². The lowest BCUT2D eigenvalue weighted by Gasteiger charge is -2.26. The average Bonchev–Trinajstić information content (AvgIpc) is 3.59. The molecule has 0 radical (unpaired) electrons. The van der Waals surface area contributed by atoms with E-state index in [4.69, 9.17) is 21.4 Å². The Balaban J connectivity index is 1.55. The van der Waals surface area contributed by atoms with Gasteiger partial charge in [0.25, 0.3) is 0 Å². The topological polar surface area (TPSA) is 96.7 Å². The monoisotopic (exact) mass is 540 g/mol. The van der Waals surface area contributed by atoms with Crippen molar-refractivity contribution in [2.24, 2.45) is 0 Å². The first-order valence-corrected chi connectivity index (χ1v) is 13.0. The highest BCUT2D eigenvalue weighted by molar-refractivity contribution is 7.80. The lowest BCUT2D eigenvalue weighted by molar-refractivity contribution is -0.115. The molecule has 1 aliphatic rings. The number of esters is 1. The van der Waals surface area contributed by atoms with Crippen molar-refractivity contribution in [2.45, 2.75) is 32.4 Å². The minimum atomic E-state index is -0.413. The van der Waals surface area contributed by atoms with Crippen molar-refractivity contribution in [1.82, 2.24) is 10.3 Å². The van der Waals surface area contributed by atoms with Gasteiger partial charge in [-0.15, -0.1) is 0 Å². The third kappa shape index (κ3) is 5.26. The van der Waals surface area contributed by atoms with Crippen LogP contribution in [0.15, 0.2) is 83.4 Å². The molecule has 198 valence electrons. The maximum Gasteiger partial charge on any atom is 0.337 e. The summed E-state index contributed by atoms with van der Waals surface area (Å²) in [6.07, 6.45) is 2.15. The van der Waals surface area contributed by atoms with Crippen LogP contribution in [0.5, 0.6) is 0 Å². The van der Waals surface area contributed by atoms with E-state index in [0.29, 0.717) is 28.6 Å². The molecule has 2 atom stereocenters. The maximum absolute atomic E-state index is 12.1. The van der Waals surface area contributed by atoms with Gasteiger partial charge in [-0.25, -0.2) is 4.79 Å². The van der Waals surface area contributed by atoms with Crippen molar-refractivity contribution in [3.8, 4) is 11.3 Å². The number of ether oxygens (including phenoxy) is 1. The summed E-state index contributed by atoms with van der Waals surface area (Å²) < 4.78 is 11.3. The van der Waals surface area contributed by atoms with Gasteiger partial charge in [0, 0.05) is 29.6 Å². The number of benzene rings is 2. The summed E-state index contributed by atoms with van der Waals surface area (Å²) >= 11 is 5.83. The first kappa shape index (κ1) is 26.1. The molecule has 39 heavy (non-hydrogen) atoms. The number of furan rings is 1. The Kier molecular flexibility index (Phi) is 7.42. The lowest BCUT2D eigenvalue weighted by atomic mass is 10.0. The highest BCUT2D eigenvalue weighted by atomic mass is 32.1. The zero-order chi connectivity index (χ0) is 27.5. The fourth-order valence-corrected chi connectivity index (χ4v) is 5.03. The van der Waals surface area contributed by atoms with E-state index in [1.807, 2.05) is 73.3 Å². The quantitative estimate of drug-likeness (QED) is 0.219. The van der Waals surface area contributed by atoms with Gasteiger partial charge in [-0.2, -0.15) is 0 Å². The van der Waals surface area contributed by atoms with Crippen molar-refractivity contribution in [3.63, 3.8) is 0 Å². The standard InChI is InChI=1S/C30H28N4O4S/c1-4-26(35)32-22-12-11-21(16-18(22)2)34-28(27(33-30(34)39)23-10-5-6-15-31-23)25-14-13-24(38-25)19-8-7-9-20(17-19)29(36)37-3/h5-17,27-28H,4H2,1-3H3,(H,32,35)(H,33,39)/t27-,28+/m0/s1. The van der Waals surface area contributed by atoms with E-state index >= 15 is 0 Å². The summed E-state index contributed by atoms with van der Waals surface area (Å²) in [7, 11) is 1.36. The number of amides is 1. The summed E-state index contributed by atoms with van der Waals surface area (Å²) in [4.78, 5) is 30.6. The normalized spacial score (nSPS) is 16.6. The average molecular weight is 541 g/mol. The van der Waals surface area contributed by atoms with Gasteiger partial charge in [-0.05, 0) is 79.3 Å². The molecular formula is C30H28N4O4S. The van der Waals surface area contributed by atoms with E-state index in [2.05, 4.69) is 15.6 Å². The smallest absolute Gasteiger partial charge is 0.337 e. The van der Waals surface area contributed by atoms with E-state index in [1.54, 1.807) is 24.4 Å². The number of aromatic nitrogens is 1. The SMILES string of the molecule is CCC(=O)Nc1ccc(N2C(=S)N[C@@H](c3ccccn3)[C@H]2c2ccc(-c3cccc(C(=O)OC)c3)o2)cc1C. The van der Waals surface area contributed by atoms with E-state index in [9.17, 15) is 9.59 Å². The number of nitrogens with one attached hydrogen (secondary N) is 2. The van der Waals surface area contributed by atoms with E-state index in [-0.39, 0.29) is 18.0 Å². The second-order valence-corrected chi connectivity index (χ2v) is 9.56. The second-order valence-electron chi connectivity index (χ2n) is 9.17. The molecular weight excluding hydrogens is 512 g/mol. The molecule has 1 saturated heterocycles. The Morgan fingerprint density at radius 3 is 2.67 bits per heavy atom. The number of nitrogens with zero attached hydrogens (tertiary/aromatic N) is 2. The second kappa shape index (κ2) is 11.1. The number of carbonyl (C=O) groups is 2. The van der Waals surface area contributed by atoms with Crippen LogP contribution in [0.3, 0.4) is 0 Å². The highest BCUT2D eigenvalue weighted by Crippen LogP contribution is 2.43. The molecule has 0 aliphatic carbocycles. The molecule has 1 amide bonds. The number of hydrogen-bond acceptors (Lipinski definition) is 6. The summed E-state index contributed by atoms with van der Waals surface area (Å²) in [5.41, 5.74) is 4.54. The largest absolute Gasteiger partial charge is 0.465 e. The van der Waals surface area contributed by atoms with Crippen LogP contribution in [0, 0.1) is 6.92 Å². The Bertz CT molecular complexity index is 1530. The minimum Gasteiger partial charge on any atom is -0.465 e. The first-order chi connectivity index (χ1) is 18.9. The number of carbonyl (C=O) groups excluding carboxylic acids is 2. The van der Waals surface area contributed by atoms with Crippen LogP contribution in [-0.2, 0) is 9.53 Å². The predicted octanol–water partition coefficient (Wildman–Crippen LogP) is 5.96. The molecule has 2 N–H and O–H groups in total. The number of hydrogen-bond donors (Lipinski definition) is 2. The van der Waals surface area contributed by atoms with Crippen molar-refractivity contribution in [3.05, 3.63) is 102 Å². The molecule has 8 nitrogen and oxygen atoms in total. The fraction of sp³-hybridized carbons (Fsp3) is 0.200. The number of thiocarbonyl (C=S) groups is 1. The molecule has 1 aliphatic heterocycles. The van der Waals surface area contributed by atoms with Gasteiger partial charge in [0.15, 0.2) is 5.11 Å². The molecule has 0 saturated carbocycles. The lowest BCUT2D eigenvalue weighted by Crippen LogP contribution is -2.29. The Labute approximate surface area is 232 Å². The number of methoxy groups -OCH3 is 1. The van der Waals surface area contributed by atoms with Gasteiger partial charge in [0.2, 0.25) is 5.91 Å². The molecule has 2 aromatic heterocycles.